The van der Waals surface area contributed by atoms with Crippen LogP contribution in [0.3, 0.4) is 0 Å². The van der Waals surface area contributed by atoms with Crippen LogP contribution in [-0.4, -0.2) is 48.7 Å². The Balaban J connectivity index is 1.92. The van der Waals surface area contributed by atoms with Crippen molar-refractivity contribution in [2.45, 2.75) is 31.2 Å². The number of hydrogen-bond donors (Lipinski definition) is 2. The summed E-state index contributed by atoms with van der Waals surface area (Å²) in [6.07, 6.45) is 1.87. The van der Waals surface area contributed by atoms with E-state index in [1.165, 1.54) is 12.1 Å². The largest absolute Gasteiger partial charge is 0.325 e. The summed E-state index contributed by atoms with van der Waals surface area (Å²) in [5, 5.41) is 6.13. The lowest BCUT2D eigenvalue weighted by Crippen LogP contribution is -2.57. The second-order valence-corrected chi connectivity index (χ2v) is 6.73. The van der Waals surface area contributed by atoms with Crippen molar-refractivity contribution < 1.29 is 18.4 Å². The van der Waals surface area contributed by atoms with Gasteiger partial charge < -0.3 is 10.6 Å². The molecule has 0 aromatic heterocycles. The van der Waals surface area contributed by atoms with Crippen molar-refractivity contribution in [1.82, 2.24) is 15.5 Å². The van der Waals surface area contributed by atoms with Gasteiger partial charge in [0.05, 0.1) is 6.67 Å². The quantitative estimate of drug-likeness (QED) is 0.771. The standard InChI is InChI=1S/C18H23F2N3O2/c19-7-2-10-23-16(24)18(22-17(23)25,14-5-8-21-9-6-14)12-13-3-1-4-15(20)11-13/h1,3-4,11,14,21H,2,5-10,12H2,(H,22,25). The number of halogens is 2. The minimum atomic E-state index is -1.08. The van der Waals surface area contributed by atoms with Gasteiger partial charge in [0.1, 0.15) is 11.4 Å². The summed E-state index contributed by atoms with van der Waals surface area (Å²) in [4.78, 5) is 26.6. The second-order valence-electron chi connectivity index (χ2n) is 6.73. The molecule has 2 saturated heterocycles. The molecule has 7 heteroatoms. The van der Waals surface area contributed by atoms with Crippen molar-refractivity contribution in [3.05, 3.63) is 35.6 Å². The Hall–Kier alpha value is -2.02. The zero-order chi connectivity index (χ0) is 17.9. The summed E-state index contributed by atoms with van der Waals surface area (Å²) < 4.78 is 26.1. The maximum absolute atomic E-state index is 13.6. The Morgan fingerprint density at radius 2 is 2.00 bits per heavy atom. The van der Waals surface area contributed by atoms with Crippen LogP contribution in [0.25, 0.3) is 0 Å². The van der Waals surface area contributed by atoms with E-state index in [4.69, 9.17) is 0 Å². The van der Waals surface area contributed by atoms with Crippen molar-refractivity contribution in [3.8, 4) is 0 Å². The van der Waals surface area contributed by atoms with Gasteiger partial charge in [0.2, 0.25) is 0 Å². The van der Waals surface area contributed by atoms with Crippen LogP contribution in [0.2, 0.25) is 0 Å². The van der Waals surface area contributed by atoms with Gasteiger partial charge in [-0.25, -0.2) is 9.18 Å². The average molecular weight is 351 g/mol. The van der Waals surface area contributed by atoms with E-state index in [2.05, 4.69) is 10.6 Å². The first-order valence-electron chi connectivity index (χ1n) is 8.72. The number of piperidine rings is 1. The number of hydrogen-bond acceptors (Lipinski definition) is 3. The van der Waals surface area contributed by atoms with Crippen molar-refractivity contribution in [1.29, 1.82) is 0 Å². The van der Waals surface area contributed by atoms with Gasteiger partial charge in [-0.15, -0.1) is 0 Å². The number of imide groups is 1. The summed E-state index contributed by atoms with van der Waals surface area (Å²) in [7, 11) is 0. The number of carbonyl (C=O) groups excluding carboxylic acids is 2. The zero-order valence-corrected chi connectivity index (χ0v) is 14.1. The van der Waals surface area contributed by atoms with Gasteiger partial charge in [0, 0.05) is 13.0 Å². The minimum absolute atomic E-state index is 0.0381. The van der Waals surface area contributed by atoms with E-state index in [1.54, 1.807) is 12.1 Å². The molecule has 1 atom stereocenters. The summed E-state index contributed by atoms with van der Waals surface area (Å²) in [5.41, 5.74) is -0.414. The number of amides is 3. The molecule has 2 N–H and O–H groups in total. The van der Waals surface area contributed by atoms with Crippen molar-refractivity contribution in [2.75, 3.05) is 26.3 Å². The first-order chi connectivity index (χ1) is 12.1. The van der Waals surface area contributed by atoms with Crippen LogP contribution in [0, 0.1) is 11.7 Å². The first-order valence-corrected chi connectivity index (χ1v) is 8.72. The zero-order valence-electron chi connectivity index (χ0n) is 14.1. The van der Waals surface area contributed by atoms with E-state index in [0.717, 1.165) is 30.8 Å². The normalized spacial score (nSPS) is 24.6. The fourth-order valence-electron chi connectivity index (χ4n) is 3.89. The molecular weight excluding hydrogens is 328 g/mol. The molecule has 0 aliphatic carbocycles. The van der Waals surface area contributed by atoms with Crippen LogP contribution < -0.4 is 10.6 Å². The van der Waals surface area contributed by atoms with E-state index >= 15 is 0 Å². The topological polar surface area (TPSA) is 61.4 Å². The Kier molecular flexibility index (Phi) is 5.32. The van der Waals surface area contributed by atoms with Crippen LogP contribution in [0.15, 0.2) is 24.3 Å². The molecule has 2 aliphatic rings. The molecular formula is C18H23F2N3O2. The van der Waals surface area contributed by atoms with Gasteiger partial charge in [0.25, 0.3) is 5.91 Å². The number of nitrogens with zero attached hydrogens (tertiary/aromatic N) is 1. The lowest BCUT2D eigenvalue weighted by Gasteiger charge is -2.38. The van der Waals surface area contributed by atoms with Crippen molar-refractivity contribution in [2.24, 2.45) is 5.92 Å². The lowest BCUT2D eigenvalue weighted by atomic mass is 9.74. The number of alkyl halides is 1. The third-order valence-corrected chi connectivity index (χ3v) is 5.13. The molecule has 0 bridgehead atoms. The molecule has 0 spiro atoms. The predicted octanol–water partition coefficient (Wildman–Crippen LogP) is 2.02. The Morgan fingerprint density at radius 1 is 1.24 bits per heavy atom. The Morgan fingerprint density at radius 3 is 2.68 bits per heavy atom. The average Bonchev–Trinajstić information content (AvgIpc) is 2.85. The SMILES string of the molecule is O=C1NC(Cc2cccc(F)c2)(C2CCNCC2)C(=O)N1CCCF. The van der Waals surface area contributed by atoms with Crippen LogP contribution >= 0.6 is 0 Å². The van der Waals surface area contributed by atoms with E-state index in [0.29, 0.717) is 5.56 Å². The molecule has 0 saturated carbocycles. The number of benzene rings is 1. The van der Waals surface area contributed by atoms with E-state index < -0.39 is 18.2 Å². The highest BCUT2D eigenvalue weighted by Gasteiger charge is 2.55. The molecule has 2 fully saturated rings. The molecule has 0 radical (unpaired) electrons. The first kappa shape index (κ1) is 17.8. The smallest absolute Gasteiger partial charge is 0.322 e. The molecule has 3 rings (SSSR count). The summed E-state index contributed by atoms with van der Waals surface area (Å²) in [5.74, 6) is -0.727. The number of urea groups is 1. The van der Waals surface area contributed by atoms with E-state index in [1.807, 2.05) is 0 Å². The van der Waals surface area contributed by atoms with Gasteiger partial charge in [0.15, 0.2) is 0 Å². The number of nitrogens with one attached hydrogen (secondary N) is 2. The molecule has 136 valence electrons. The highest BCUT2D eigenvalue weighted by molar-refractivity contribution is 6.07. The maximum Gasteiger partial charge on any atom is 0.325 e. The van der Waals surface area contributed by atoms with Gasteiger partial charge in [-0.05, 0) is 56.0 Å². The van der Waals surface area contributed by atoms with Crippen LogP contribution in [-0.2, 0) is 11.2 Å². The molecule has 1 unspecified atom stereocenters. The number of carbonyl (C=O) groups is 2. The molecule has 1 aromatic carbocycles. The third-order valence-electron chi connectivity index (χ3n) is 5.13. The maximum atomic E-state index is 13.6. The third kappa shape index (κ3) is 3.51. The van der Waals surface area contributed by atoms with Crippen molar-refractivity contribution >= 4 is 11.9 Å². The summed E-state index contributed by atoms with van der Waals surface area (Å²) >= 11 is 0. The van der Waals surface area contributed by atoms with Gasteiger partial charge in [-0.1, -0.05) is 12.1 Å². The molecule has 1 aromatic rings. The van der Waals surface area contributed by atoms with Gasteiger partial charge >= 0.3 is 6.03 Å². The van der Waals surface area contributed by atoms with Gasteiger partial charge in [-0.3, -0.25) is 14.1 Å². The lowest BCUT2D eigenvalue weighted by molar-refractivity contribution is -0.133. The second kappa shape index (κ2) is 7.47. The fourth-order valence-corrected chi connectivity index (χ4v) is 3.89. The van der Waals surface area contributed by atoms with Crippen LogP contribution in [0.4, 0.5) is 13.6 Å². The summed E-state index contributed by atoms with van der Waals surface area (Å²) in [6, 6.07) is 5.63. The number of rotatable bonds is 6. The Bertz CT molecular complexity index is 649. The molecule has 2 aliphatic heterocycles. The molecule has 25 heavy (non-hydrogen) atoms. The predicted molar refractivity (Wildman–Crippen MR) is 89.3 cm³/mol. The van der Waals surface area contributed by atoms with Crippen molar-refractivity contribution in [3.63, 3.8) is 0 Å². The molecule has 3 amide bonds. The summed E-state index contributed by atoms with van der Waals surface area (Å²) in [6.45, 7) is 1.02. The monoisotopic (exact) mass is 351 g/mol. The fraction of sp³-hybridized carbons (Fsp3) is 0.556. The Labute approximate surface area is 145 Å². The van der Waals surface area contributed by atoms with E-state index in [-0.39, 0.29) is 37.0 Å². The van der Waals surface area contributed by atoms with E-state index in [9.17, 15) is 18.4 Å². The molecule has 2 heterocycles. The van der Waals surface area contributed by atoms with Crippen LogP contribution in [0.1, 0.15) is 24.8 Å². The van der Waals surface area contributed by atoms with Crippen LogP contribution in [0.5, 0.6) is 0 Å². The minimum Gasteiger partial charge on any atom is -0.322 e. The highest BCUT2D eigenvalue weighted by atomic mass is 19.1. The van der Waals surface area contributed by atoms with Gasteiger partial charge in [-0.2, -0.15) is 0 Å². The highest BCUT2D eigenvalue weighted by Crippen LogP contribution is 2.35. The molecule has 5 nitrogen and oxygen atoms in total.